The van der Waals surface area contributed by atoms with Gasteiger partial charge in [-0.2, -0.15) is 5.26 Å². The number of hydrogen-bond acceptors (Lipinski definition) is 5. The van der Waals surface area contributed by atoms with E-state index in [2.05, 4.69) is 16.0 Å². The Kier molecular flexibility index (Phi) is 7.36. The van der Waals surface area contributed by atoms with Gasteiger partial charge in [-0.1, -0.05) is 31.9 Å². The molecule has 2 aliphatic rings. The highest BCUT2D eigenvalue weighted by molar-refractivity contribution is 6.01. The third-order valence-corrected chi connectivity index (χ3v) is 8.14. The van der Waals surface area contributed by atoms with Crippen molar-refractivity contribution in [1.82, 2.24) is 9.97 Å². The summed E-state index contributed by atoms with van der Waals surface area (Å²) in [5.41, 5.74) is 0.987. The first-order valence-electron chi connectivity index (χ1n) is 13.1. The van der Waals surface area contributed by atoms with Crippen molar-refractivity contribution in [3.63, 3.8) is 0 Å². The number of carbonyl (C=O) groups is 2. The van der Waals surface area contributed by atoms with Gasteiger partial charge in [-0.25, -0.2) is 9.37 Å². The number of H-pyrrole nitrogens is 1. The van der Waals surface area contributed by atoms with Gasteiger partial charge in [0.2, 0.25) is 0 Å². The summed E-state index contributed by atoms with van der Waals surface area (Å²) in [7, 11) is 0. The summed E-state index contributed by atoms with van der Waals surface area (Å²) in [6, 6.07) is 7.11. The van der Waals surface area contributed by atoms with E-state index in [9.17, 15) is 19.2 Å². The van der Waals surface area contributed by atoms with Crippen molar-refractivity contribution in [1.29, 1.82) is 5.26 Å². The Bertz CT molecular complexity index is 1170. The number of benzene rings is 1. The third kappa shape index (κ3) is 5.09. The molecule has 6 nitrogen and oxygen atoms in total. The van der Waals surface area contributed by atoms with Crippen LogP contribution in [0.5, 0.6) is 0 Å². The van der Waals surface area contributed by atoms with Crippen molar-refractivity contribution in [2.75, 3.05) is 0 Å². The van der Waals surface area contributed by atoms with Crippen LogP contribution in [0.2, 0.25) is 0 Å². The van der Waals surface area contributed by atoms with Gasteiger partial charge in [0, 0.05) is 30.5 Å². The molecule has 1 aliphatic carbocycles. The van der Waals surface area contributed by atoms with Crippen LogP contribution in [0.25, 0.3) is 0 Å². The molecule has 1 aliphatic heterocycles. The number of halogens is 1. The van der Waals surface area contributed by atoms with E-state index in [-0.39, 0.29) is 24.5 Å². The van der Waals surface area contributed by atoms with Crippen LogP contribution in [-0.4, -0.2) is 27.3 Å². The number of ketones is 1. The van der Waals surface area contributed by atoms with Crippen molar-refractivity contribution in [2.45, 2.75) is 96.5 Å². The molecule has 1 saturated carbocycles. The van der Waals surface area contributed by atoms with Crippen molar-refractivity contribution < 1.29 is 18.7 Å². The van der Waals surface area contributed by atoms with Crippen molar-refractivity contribution in [2.24, 2.45) is 11.8 Å². The first kappa shape index (κ1) is 26.1. The van der Waals surface area contributed by atoms with E-state index in [1.165, 1.54) is 6.07 Å². The lowest BCUT2D eigenvalue weighted by molar-refractivity contribution is -0.185. The molecule has 1 aromatic carbocycles. The zero-order valence-electron chi connectivity index (χ0n) is 21.7. The highest BCUT2D eigenvalue weighted by atomic mass is 19.1. The molecule has 0 amide bonds. The quantitative estimate of drug-likeness (QED) is 0.389. The Morgan fingerprint density at radius 1 is 1.28 bits per heavy atom. The molecule has 0 radical (unpaired) electrons. The Morgan fingerprint density at radius 3 is 2.58 bits per heavy atom. The van der Waals surface area contributed by atoms with E-state index < -0.39 is 28.7 Å². The van der Waals surface area contributed by atoms with E-state index in [1.807, 2.05) is 19.9 Å². The average molecular weight is 494 g/mol. The smallest absolute Gasteiger partial charge is 0.317 e. The van der Waals surface area contributed by atoms with Gasteiger partial charge >= 0.3 is 5.97 Å². The normalized spacial score (nSPS) is 23.1. The minimum absolute atomic E-state index is 0.0871. The summed E-state index contributed by atoms with van der Waals surface area (Å²) >= 11 is 0. The number of nitriles is 1. The molecule has 0 bridgehead atoms. The van der Waals surface area contributed by atoms with Gasteiger partial charge in [0.1, 0.15) is 23.2 Å². The van der Waals surface area contributed by atoms with Crippen LogP contribution >= 0.6 is 0 Å². The van der Waals surface area contributed by atoms with Gasteiger partial charge < -0.3 is 9.72 Å². The number of cyclic esters (lactones) is 1. The second-order valence-electron chi connectivity index (χ2n) is 11.0. The molecule has 2 atom stereocenters. The van der Waals surface area contributed by atoms with E-state index in [1.54, 1.807) is 19.9 Å². The van der Waals surface area contributed by atoms with Crippen LogP contribution < -0.4 is 0 Å². The molecule has 2 unspecified atom stereocenters. The lowest BCUT2D eigenvalue weighted by Crippen LogP contribution is -2.52. The number of aromatic nitrogens is 2. The molecule has 2 heterocycles. The molecule has 1 N–H and O–H groups in total. The van der Waals surface area contributed by atoms with E-state index in [0.717, 1.165) is 54.9 Å². The maximum absolute atomic E-state index is 14.8. The first-order valence-corrected chi connectivity index (χ1v) is 13.1. The lowest BCUT2D eigenvalue weighted by Gasteiger charge is -2.43. The number of ether oxygens (including phenoxy) is 1. The second-order valence-corrected chi connectivity index (χ2v) is 11.0. The van der Waals surface area contributed by atoms with Crippen molar-refractivity contribution >= 4 is 11.8 Å². The van der Waals surface area contributed by atoms with Crippen LogP contribution in [0, 0.1) is 35.9 Å². The molecule has 2 fully saturated rings. The Balaban J connectivity index is 1.53. The van der Waals surface area contributed by atoms with E-state index in [0.29, 0.717) is 18.4 Å². The number of esters is 1. The van der Waals surface area contributed by atoms with Gasteiger partial charge in [-0.05, 0) is 64.0 Å². The van der Waals surface area contributed by atoms with Gasteiger partial charge in [-0.3, -0.25) is 9.59 Å². The highest BCUT2D eigenvalue weighted by Crippen LogP contribution is 2.45. The zero-order valence-corrected chi connectivity index (χ0v) is 21.7. The van der Waals surface area contributed by atoms with Crippen molar-refractivity contribution in [3.05, 3.63) is 52.4 Å². The number of imidazole rings is 1. The number of nitrogens with one attached hydrogen (secondary N) is 1. The molecule has 2 aromatic rings. The summed E-state index contributed by atoms with van der Waals surface area (Å²) in [5.74, 6) is -0.822. The summed E-state index contributed by atoms with van der Waals surface area (Å²) in [6.45, 7) is 7.29. The van der Waals surface area contributed by atoms with E-state index >= 15 is 0 Å². The summed E-state index contributed by atoms with van der Waals surface area (Å²) in [6.07, 6.45) is 6.13. The summed E-state index contributed by atoms with van der Waals surface area (Å²) < 4.78 is 21.0. The molecule has 36 heavy (non-hydrogen) atoms. The topological polar surface area (TPSA) is 95.8 Å². The monoisotopic (exact) mass is 493 g/mol. The van der Waals surface area contributed by atoms with Gasteiger partial charge in [-0.15, -0.1) is 0 Å². The number of Topliss-reactive ketones (excluding diaryl/α,β-unsaturated/α-hetero) is 1. The Hall–Kier alpha value is -3.01. The van der Waals surface area contributed by atoms with Crippen molar-refractivity contribution in [3.8, 4) is 6.07 Å². The van der Waals surface area contributed by atoms with Crippen LogP contribution in [0.4, 0.5) is 4.39 Å². The zero-order chi connectivity index (χ0) is 26.1. The van der Waals surface area contributed by atoms with Gasteiger partial charge in [0.25, 0.3) is 0 Å². The first-order chi connectivity index (χ1) is 17.1. The molecule has 1 aromatic heterocycles. The molecule has 7 heteroatoms. The summed E-state index contributed by atoms with van der Waals surface area (Å²) in [5, 5.41) is 9.36. The average Bonchev–Trinajstić information content (AvgIpc) is 3.50. The molecule has 1 saturated heterocycles. The number of carbonyl (C=O) groups excluding carboxylic acids is 2. The SMILES string of the molecule is CCc1nc(CC2C(=O)CC(CCc3ccc(C(C)(C)C#N)c(F)c3)(C3CCCC3)OC2=O)c(C)[nH]1. The number of aryl methyl sites for hydroxylation is 3. The van der Waals surface area contributed by atoms with Crippen LogP contribution in [0.1, 0.15) is 87.6 Å². The fourth-order valence-corrected chi connectivity index (χ4v) is 5.84. The number of hydrogen-bond donors (Lipinski definition) is 1. The van der Waals surface area contributed by atoms with Crippen LogP contribution in [0.15, 0.2) is 18.2 Å². The van der Waals surface area contributed by atoms with E-state index in [4.69, 9.17) is 4.74 Å². The molecule has 0 spiro atoms. The third-order valence-electron chi connectivity index (χ3n) is 8.14. The largest absolute Gasteiger partial charge is 0.458 e. The number of rotatable bonds is 8. The fourth-order valence-electron chi connectivity index (χ4n) is 5.84. The maximum Gasteiger partial charge on any atom is 0.317 e. The van der Waals surface area contributed by atoms with Crippen LogP contribution in [0.3, 0.4) is 0 Å². The standard InChI is InChI=1S/C29H36FN3O3/c1-5-26-32-18(2)24(33-26)15-21-25(34)16-29(36-27(21)35,20-8-6-7-9-20)13-12-19-10-11-22(23(30)14-19)28(3,4)17-31/h10-11,14,20-21H,5-9,12-13,15-16H2,1-4H3,(H,32,33). The number of aromatic amines is 1. The van der Waals surface area contributed by atoms with Gasteiger partial charge in [0.05, 0.1) is 17.2 Å². The molecular formula is C29H36FN3O3. The highest BCUT2D eigenvalue weighted by Gasteiger charge is 2.51. The minimum atomic E-state index is -0.918. The molecule has 4 rings (SSSR count). The maximum atomic E-state index is 14.8. The predicted molar refractivity (Wildman–Crippen MR) is 134 cm³/mol. The van der Waals surface area contributed by atoms with Crippen LogP contribution in [-0.2, 0) is 39.0 Å². The number of nitrogens with zero attached hydrogens (tertiary/aromatic N) is 2. The molecule has 192 valence electrons. The molecular weight excluding hydrogens is 457 g/mol. The summed E-state index contributed by atoms with van der Waals surface area (Å²) in [4.78, 5) is 34.4. The predicted octanol–water partition coefficient (Wildman–Crippen LogP) is 5.46. The lowest BCUT2D eigenvalue weighted by atomic mass is 9.73. The minimum Gasteiger partial charge on any atom is -0.458 e. The Morgan fingerprint density at radius 2 is 2.00 bits per heavy atom. The van der Waals surface area contributed by atoms with Gasteiger partial charge in [0.15, 0.2) is 5.78 Å². The fraction of sp³-hybridized carbons (Fsp3) is 0.586. The Labute approximate surface area is 212 Å². The second kappa shape index (κ2) is 10.2.